The van der Waals surface area contributed by atoms with Crippen molar-refractivity contribution in [1.29, 1.82) is 0 Å². The Bertz CT molecular complexity index is 1170. The van der Waals surface area contributed by atoms with E-state index in [0.29, 0.717) is 0 Å². The molecule has 0 unspecified atom stereocenters. The number of aromatic nitrogens is 2. The summed E-state index contributed by atoms with van der Waals surface area (Å²) in [4.78, 5) is 11.9. The van der Waals surface area contributed by atoms with Gasteiger partial charge in [-0.15, -0.1) is 12.6 Å². The number of benzene rings is 2. The maximum atomic E-state index is 4.97. The van der Waals surface area contributed by atoms with Gasteiger partial charge < -0.3 is 0 Å². The summed E-state index contributed by atoms with van der Waals surface area (Å²) in [5, 5.41) is 0.929. The van der Waals surface area contributed by atoms with Crippen LogP contribution in [-0.4, -0.2) is 9.97 Å². The van der Waals surface area contributed by atoms with Crippen LogP contribution in [0.25, 0.3) is 22.6 Å². The molecule has 0 fully saturated rings. The highest BCUT2D eigenvalue weighted by molar-refractivity contribution is 7.99. The summed E-state index contributed by atoms with van der Waals surface area (Å²) >= 11 is 6.18. The van der Waals surface area contributed by atoms with Gasteiger partial charge in [0.2, 0.25) is 0 Å². The standard InChI is InChI=1S/C26H24N2S2/c1-26(2,3)19-16-21(18-10-5-4-6-11-18)27-22(17-19)20-12-9-15-25(28-20)30-24-14-8-7-13-23(24)29/h4-17,29H,1-3H3. The Balaban J connectivity index is 1.77. The second kappa shape index (κ2) is 8.66. The first-order valence-corrected chi connectivity index (χ1v) is 11.2. The van der Waals surface area contributed by atoms with Crippen LogP contribution < -0.4 is 0 Å². The van der Waals surface area contributed by atoms with Gasteiger partial charge in [-0.25, -0.2) is 9.97 Å². The van der Waals surface area contributed by atoms with E-state index in [0.717, 1.165) is 37.5 Å². The molecule has 2 aromatic heterocycles. The van der Waals surface area contributed by atoms with E-state index in [1.165, 1.54) is 5.56 Å². The maximum absolute atomic E-state index is 4.97. The Morgan fingerprint density at radius 2 is 1.40 bits per heavy atom. The molecule has 0 N–H and O–H groups in total. The van der Waals surface area contributed by atoms with Crippen LogP contribution in [0.15, 0.2) is 99.7 Å². The van der Waals surface area contributed by atoms with Gasteiger partial charge in [0.1, 0.15) is 5.03 Å². The van der Waals surface area contributed by atoms with Crippen molar-refractivity contribution < 1.29 is 0 Å². The molecule has 2 aromatic carbocycles. The molecule has 0 radical (unpaired) electrons. The average molecular weight is 429 g/mol. The molecule has 4 rings (SSSR count). The predicted octanol–water partition coefficient (Wildman–Crippen LogP) is 7.55. The SMILES string of the molecule is CC(C)(C)c1cc(-c2ccccc2)nc(-c2cccc(Sc3ccccc3S)n2)c1. The molecule has 4 heteroatoms. The molecule has 0 aliphatic heterocycles. The number of rotatable bonds is 4. The lowest BCUT2D eigenvalue weighted by Gasteiger charge is -2.21. The van der Waals surface area contributed by atoms with Crippen LogP contribution in [0.5, 0.6) is 0 Å². The summed E-state index contributed by atoms with van der Waals surface area (Å²) in [5.74, 6) is 0. The van der Waals surface area contributed by atoms with Gasteiger partial charge in [-0.1, -0.05) is 81.1 Å². The summed E-state index contributed by atoms with van der Waals surface area (Å²) < 4.78 is 0. The number of nitrogens with zero attached hydrogens (tertiary/aromatic N) is 2. The normalized spacial score (nSPS) is 11.5. The Morgan fingerprint density at radius 1 is 0.700 bits per heavy atom. The molecule has 0 aliphatic rings. The van der Waals surface area contributed by atoms with Crippen molar-refractivity contribution in [2.24, 2.45) is 0 Å². The van der Waals surface area contributed by atoms with Gasteiger partial charge in [-0.3, -0.25) is 0 Å². The molecule has 0 saturated carbocycles. The Labute approximate surface area is 188 Å². The maximum Gasteiger partial charge on any atom is 0.102 e. The number of hydrogen-bond donors (Lipinski definition) is 1. The summed E-state index contributed by atoms with van der Waals surface area (Å²) in [6.45, 7) is 6.68. The Morgan fingerprint density at radius 3 is 2.13 bits per heavy atom. The van der Waals surface area contributed by atoms with E-state index in [4.69, 9.17) is 9.97 Å². The molecular weight excluding hydrogens is 404 g/mol. The highest BCUT2D eigenvalue weighted by Crippen LogP contribution is 2.34. The Kier molecular flexibility index (Phi) is 5.98. The zero-order valence-corrected chi connectivity index (χ0v) is 19.0. The van der Waals surface area contributed by atoms with Crippen molar-refractivity contribution in [3.05, 3.63) is 90.5 Å². The van der Waals surface area contributed by atoms with E-state index < -0.39 is 0 Å². The monoisotopic (exact) mass is 428 g/mol. The minimum absolute atomic E-state index is 0.0124. The number of thiol groups is 1. The fourth-order valence-corrected chi connectivity index (χ4v) is 4.25. The van der Waals surface area contributed by atoms with Crippen LogP contribution >= 0.6 is 24.4 Å². The van der Waals surface area contributed by atoms with Crippen molar-refractivity contribution in [3.8, 4) is 22.6 Å². The van der Waals surface area contributed by atoms with E-state index in [-0.39, 0.29) is 5.41 Å². The third-order valence-corrected chi connectivity index (χ3v) is 6.38. The van der Waals surface area contributed by atoms with Crippen LogP contribution in [0.2, 0.25) is 0 Å². The van der Waals surface area contributed by atoms with Crippen LogP contribution in [0.1, 0.15) is 26.3 Å². The minimum atomic E-state index is 0.0124. The van der Waals surface area contributed by atoms with E-state index in [1.54, 1.807) is 11.8 Å². The number of hydrogen-bond acceptors (Lipinski definition) is 4. The van der Waals surface area contributed by atoms with Gasteiger partial charge in [-0.2, -0.15) is 0 Å². The molecule has 0 aliphatic carbocycles. The van der Waals surface area contributed by atoms with Crippen LogP contribution in [0.3, 0.4) is 0 Å². The molecule has 30 heavy (non-hydrogen) atoms. The largest absolute Gasteiger partial charge is 0.246 e. The van der Waals surface area contributed by atoms with Gasteiger partial charge in [-0.05, 0) is 47.4 Å². The third-order valence-electron chi connectivity index (χ3n) is 4.83. The Hall–Kier alpha value is -2.56. The lowest BCUT2D eigenvalue weighted by atomic mass is 9.86. The molecule has 0 spiro atoms. The molecule has 4 aromatic rings. The van der Waals surface area contributed by atoms with Crippen molar-refractivity contribution in [2.45, 2.75) is 41.0 Å². The minimum Gasteiger partial charge on any atom is -0.246 e. The fraction of sp³-hybridized carbons (Fsp3) is 0.154. The lowest BCUT2D eigenvalue weighted by molar-refractivity contribution is 0.590. The number of pyridine rings is 2. The van der Waals surface area contributed by atoms with E-state index in [1.807, 2.05) is 54.6 Å². The smallest absolute Gasteiger partial charge is 0.102 e. The van der Waals surface area contributed by atoms with Crippen molar-refractivity contribution in [3.63, 3.8) is 0 Å². The molecule has 150 valence electrons. The summed E-state index contributed by atoms with van der Waals surface area (Å²) in [6, 6.07) is 28.8. The van der Waals surface area contributed by atoms with Gasteiger partial charge in [0, 0.05) is 15.4 Å². The van der Waals surface area contributed by atoms with E-state index in [2.05, 4.69) is 63.7 Å². The molecular formula is C26H24N2S2. The first kappa shape index (κ1) is 20.7. The topological polar surface area (TPSA) is 25.8 Å². The molecule has 2 nitrogen and oxygen atoms in total. The molecule has 0 amide bonds. The van der Waals surface area contributed by atoms with Gasteiger partial charge >= 0.3 is 0 Å². The van der Waals surface area contributed by atoms with Crippen LogP contribution in [0.4, 0.5) is 0 Å². The first-order chi connectivity index (χ1) is 14.4. The van der Waals surface area contributed by atoms with Gasteiger partial charge in [0.05, 0.1) is 17.1 Å². The zero-order chi connectivity index (χ0) is 21.1. The van der Waals surface area contributed by atoms with Crippen molar-refractivity contribution >= 4 is 24.4 Å². The average Bonchev–Trinajstić information content (AvgIpc) is 2.75. The first-order valence-electron chi connectivity index (χ1n) is 9.91. The molecule has 0 bridgehead atoms. The van der Waals surface area contributed by atoms with Gasteiger partial charge in [0.15, 0.2) is 0 Å². The fourth-order valence-electron chi connectivity index (χ4n) is 3.12. The summed E-state index contributed by atoms with van der Waals surface area (Å²) in [6.07, 6.45) is 0. The van der Waals surface area contributed by atoms with Gasteiger partial charge in [0.25, 0.3) is 0 Å². The summed E-state index contributed by atoms with van der Waals surface area (Å²) in [5.41, 5.74) is 5.10. The second-order valence-corrected chi connectivity index (χ2v) is 9.72. The zero-order valence-electron chi connectivity index (χ0n) is 17.3. The van der Waals surface area contributed by atoms with Crippen LogP contribution in [0, 0.1) is 0 Å². The predicted molar refractivity (Wildman–Crippen MR) is 129 cm³/mol. The lowest BCUT2D eigenvalue weighted by Crippen LogP contribution is -2.12. The second-order valence-electron chi connectivity index (χ2n) is 8.17. The van der Waals surface area contributed by atoms with E-state index in [9.17, 15) is 0 Å². The van der Waals surface area contributed by atoms with E-state index >= 15 is 0 Å². The van der Waals surface area contributed by atoms with Crippen molar-refractivity contribution in [1.82, 2.24) is 9.97 Å². The van der Waals surface area contributed by atoms with Crippen LogP contribution in [-0.2, 0) is 5.41 Å². The third kappa shape index (κ3) is 4.77. The highest BCUT2D eigenvalue weighted by atomic mass is 32.2. The molecule has 2 heterocycles. The quantitative estimate of drug-likeness (QED) is 0.340. The van der Waals surface area contributed by atoms with Crippen molar-refractivity contribution in [2.75, 3.05) is 0 Å². The molecule has 0 atom stereocenters. The summed E-state index contributed by atoms with van der Waals surface area (Å²) in [7, 11) is 0. The highest BCUT2D eigenvalue weighted by Gasteiger charge is 2.18. The molecule has 0 saturated heterocycles.